The lowest BCUT2D eigenvalue weighted by Gasteiger charge is -2.07. The first-order valence-electron chi connectivity index (χ1n) is 5.88. The molecule has 0 aliphatic carbocycles. The molecule has 0 heterocycles. The van der Waals surface area contributed by atoms with Gasteiger partial charge in [-0.1, -0.05) is 22.0 Å². The summed E-state index contributed by atoms with van der Waals surface area (Å²) in [6.45, 7) is 1.76. The molecule has 0 aliphatic rings. The predicted octanol–water partition coefficient (Wildman–Crippen LogP) is 4.89. The Balaban J connectivity index is 2.17. The van der Waals surface area contributed by atoms with E-state index in [-0.39, 0.29) is 11.4 Å². The van der Waals surface area contributed by atoms with Crippen LogP contribution in [-0.4, -0.2) is 11.1 Å². The molecule has 2 aromatic rings. The number of benzene rings is 2. The molecule has 2 rings (SSSR count). The van der Waals surface area contributed by atoms with Crippen molar-refractivity contribution in [2.45, 2.75) is 17.6 Å². The molecule has 0 saturated carbocycles. The van der Waals surface area contributed by atoms with Gasteiger partial charge >= 0.3 is 5.97 Å². The average molecular weight is 355 g/mol. The van der Waals surface area contributed by atoms with E-state index in [4.69, 9.17) is 5.11 Å². The van der Waals surface area contributed by atoms with Gasteiger partial charge in [-0.05, 0) is 48.4 Å². The maximum absolute atomic E-state index is 13.6. The lowest BCUT2D eigenvalue weighted by atomic mass is 10.1. The molecule has 1 N–H and O–H groups in total. The van der Waals surface area contributed by atoms with Crippen LogP contribution in [-0.2, 0) is 5.75 Å². The van der Waals surface area contributed by atoms with E-state index in [1.54, 1.807) is 31.2 Å². The van der Waals surface area contributed by atoms with E-state index in [1.807, 2.05) is 6.07 Å². The molecule has 0 aliphatic heterocycles. The van der Waals surface area contributed by atoms with E-state index >= 15 is 0 Å². The lowest BCUT2D eigenvalue weighted by Crippen LogP contribution is -1.99. The first-order valence-corrected chi connectivity index (χ1v) is 7.66. The average Bonchev–Trinajstić information content (AvgIpc) is 2.41. The van der Waals surface area contributed by atoms with Crippen molar-refractivity contribution in [2.24, 2.45) is 0 Å². The number of hydrogen-bond acceptors (Lipinski definition) is 2. The number of aromatic carboxylic acids is 1. The minimum Gasteiger partial charge on any atom is -0.478 e. The molecule has 0 fully saturated rings. The number of rotatable bonds is 4. The Morgan fingerprint density at radius 3 is 2.75 bits per heavy atom. The van der Waals surface area contributed by atoms with Gasteiger partial charge in [0.05, 0.1) is 5.56 Å². The third-order valence-corrected chi connectivity index (χ3v) is 4.38. The summed E-state index contributed by atoms with van der Waals surface area (Å²) in [7, 11) is 0. The molecule has 0 radical (unpaired) electrons. The third kappa shape index (κ3) is 3.61. The summed E-state index contributed by atoms with van der Waals surface area (Å²) < 4.78 is 14.4. The van der Waals surface area contributed by atoms with Crippen molar-refractivity contribution in [3.05, 3.63) is 63.4 Å². The summed E-state index contributed by atoms with van der Waals surface area (Å²) in [5, 5.41) is 9.08. The monoisotopic (exact) mass is 354 g/mol. The fraction of sp³-hybridized carbons (Fsp3) is 0.133. The molecule has 2 nitrogen and oxygen atoms in total. The summed E-state index contributed by atoms with van der Waals surface area (Å²) in [6.07, 6.45) is 0. The van der Waals surface area contributed by atoms with Crippen LogP contribution >= 0.6 is 27.7 Å². The van der Waals surface area contributed by atoms with Gasteiger partial charge in [0.1, 0.15) is 5.82 Å². The van der Waals surface area contributed by atoms with Crippen LogP contribution in [0.3, 0.4) is 0 Å². The highest BCUT2D eigenvalue weighted by Crippen LogP contribution is 2.27. The van der Waals surface area contributed by atoms with Gasteiger partial charge in [0, 0.05) is 15.1 Å². The molecule has 0 amide bonds. The van der Waals surface area contributed by atoms with Crippen molar-refractivity contribution in [1.29, 1.82) is 0 Å². The van der Waals surface area contributed by atoms with E-state index in [1.165, 1.54) is 17.8 Å². The summed E-state index contributed by atoms with van der Waals surface area (Å²) >= 11 is 4.72. The van der Waals surface area contributed by atoms with Crippen LogP contribution in [0, 0.1) is 12.7 Å². The highest BCUT2D eigenvalue weighted by atomic mass is 79.9. The van der Waals surface area contributed by atoms with Gasteiger partial charge in [0.2, 0.25) is 0 Å². The topological polar surface area (TPSA) is 37.3 Å². The second-order valence-electron chi connectivity index (χ2n) is 4.31. The molecule has 0 bridgehead atoms. The van der Waals surface area contributed by atoms with E-state index in [0.29, 0.717) is 11.3 Å². The summed E-state index contributed by atoms with van der Waals surface area (Å²) in [5.41, 5.74) is 1.59. The summed E-state index contributed by atoms with van der Waals surface area (Å²) in [6, 6.07) is 10.0. The van der Waals surface area contributed by atoms with Gasteiger partial charge in [0.25, 0.3) is 0 Å². The van der Waals surface area contributed by atoms with E-state index in [0.717, 1.165) is 14.9 Å². The van der Waals surface area contributed by atoms with Crippen LogP contribution in [0.4, 0.5) is 4.39 Å². The molecule has 5 heteroatoms. The van der Waals surface area contributed by atoms with Crippen LogP contribution in [0.2, 0.25) is 0 Å². The second-order valence-corrected chi connectivity index (χ2v) is 6.27. The molecule has 0 atom stereocenters. The van der Waals surface area contributed by atoms with Gasteiger partial charge in [0.15, 0.2) is 0 Å². The molecule has 2 aromatic carbocycles. The molecule has 20 heavy (non-hydrogen) atoms. The zero-order valence-corrected chi connectivity index (χ0v) is 13.1. The predicted molar refractivity (Wildman–Crippen MR) is 81.8 cm³/mol. The minimum atomic E-state index is -0.946. The van der Waals surface area contributed by atoms with E-state index < -0.39 is 5.97 Å². The molecular formula is C15H12BrFO2S. The number of aryl methyl sites for hydroxylation is 1. The number of thioether (sulfide) groups is 1. The van der Waals surface area contributed by atoms with Crippen molar-refractivity contribution in [1.82, 2.24) is 0 Å². The quantitative estimate of drug-likeness (QED) is 0.794. The van der Waals surface area contributed by atoms with Gasteiger partial charge in [-0.3, -0.25) is 0 Å². The van der Waals surface area contributed by atoms with Crippen molar-refractivity contribution < 1.29 is 14.3 Å². The van der Waals surface area contributed by atoms with Crippen LogP contribution in [0.5, 0.6) is 0 Å². The van der Waals surface area contributed by atoms with Crippen LogP contribution < -0.4 is 0 Å². The van der Waals surface area contributed by atoms with Crippen molar-refractivity contribution in [3.8, 4) is 0 Å². The molecular weight excluding hydrogens is 343 g/mol. The standard InChI is InChI=1S/C15H12BrFO2S/c1-9-2-4-12(7-13(9)15(18)19)20-8-10-6-11(16)3-5-14(10)17/h2-7H,8H2,1H3,(H,18,19). The number of carbonyl (C=O) groups is 1. The Morgan fingerprint density at radius 2 is 2.05 bits per heavy atom. The molecule has 0 spiro atoms. The molecule has 104 valence electrons. The zero-order chi connectivity index (χ0) is 14.7. The number of hydrogen-bond donors (Lipinski definition) is 1. The highest BCUT2D eigenvalue weighted by molar-refractivity contribution is 9.10. The first-order chi connectivity index (χ1) is 9.47. The highest BCUT2D eigenvalue weighted by Gasteiger charge is 2.09. The van der Waals surface area contributed by atoms with Crippen LogP contribution in [0.1, 0.15) is 21.5 Å². The Kier molecular flexibility index (Phi) is 4.83. The van der Waals surface area contributed by atoms with Gasteiger partial charge < -0.3 is 5.11 Å². The van der Waals surface area contributed by atoms with Gasteiger partial charge in [-0.2, -0.15) is 0 Å². The largest absolute Gasteiger partial charge is 0.478 e. The van der Waals surface area contributed by atoms with E-state index in [9.17, 15) is 9.18 Å². The van der Waals surface area contributed by atoms with Gasteiger partial charge in [-0.25, -0.2) is 9.18 Å². The Hall–Kier alpha value is -1.33. The Labute approximate surface area is 129 Å². The summed E-state index contributed by atoms with van der Waals surface area (Å²) in [4.78, 5) is 11.9. The maximum atomic E-state index is 13.6. The molecule has 0 aromatic heterocycles. The lowest BCUT2D eigenvalue weighted by molar-refractivity contribution is 0.0696. The molecule has 0 saturated heterocycles. The third-order valence-electron chi connectivity index (χ3n) is 2.84. The molecule has 0 unspecified atom stereocenters. The minimum absolute atomic E-state index is 0.258. The first kappa shape index (κ1) is 15.1. The van der Waals surface area contributed by atoms with Crippen LogP contribution in [0.25, 0.3) is 0 Å². The number of carboxylic acids is 1. The fourth-order valence-corrected chi connectivity index (χ4v) is 3.05. The van der Waals surface area contributed by atoms with Crippen molar-refractivity contribution in [3.63, 3.8) is 0 Å². The fourth-order valence-electron chi connectivity index (χ4n) is 1.74. The normalized spacial score (nSPS) is 10.6. The number of carboxylic acid groups (broad SMARTS) is 1. The Morgan fingerprint density at radius 1 is 1.30 bits per heavy atom. The zero-order valence-electron chi connectivity index (χ0n) is 10.7. The Bertz CT molecular complexity index is 658. The SMILES string of the molecule is Cc1ccc(SCc2cc(Br)ccc2F)cc1C(=O)O. The number of halogens is 2. The maximum Gasteiger partial charge on any atom is 0.335 e. The second kappa shape index (κ2) is 6.41. The van der Waals surface area contributed by atoms with Gasteiger partial charge in [-0.15, -0.1) is 11.8 Å². The van der Waals surface area contributed by atoms with Crippen LogP contribution in [0.15, 0.2) is 45.8 Å². The van der Waals surface area contributed by atoms with Crippen molar-refractivity contribution in [2.75, 3.05) is 0 Å². The van der Waals surface area contributed by atoms with Crippen molar-refractivity contribution >= 4 is 33.7 Å². The smallest absolute Gasteiger partial charge is 0.335 e. The summed E-state index contributed by atoms with van der Waals surface area (Å²) in [5.74, 6) is -0.752. The van der Waals surface area contributed by atoms with E-state index in [2.05, 4.69) is 15.9 Å².